The van der Waals surface area contributed by atoms with Crippen molar-refractivity contribution in [2.45, 2.75) is 19.9 Å². The van der Waals surface area contributed by atoms with E-state index in [0.29, 0.717) is 6.54 Å². The Hall–Kier alpha value is -0.870. The smallest absolute Gasteiger partial charge is 0.181 e. The minimum atomic E-state index is 0.225. The molecule has 0 aliphatic heterocycles. The second-order valence-corrected chi connectivity index (χ2v) is 2.61. The third kappa shape index (κ3) is 2.64. The molecule has 0 amide bonds. The minimum Gasteiger partial charge on any atom is -0.447 e. The molecule has 1 aromatic heterocycles. The number of aliphatic hydroxyl groups is 1. The van der Waals surface area contributed by atoms with Gasteiger partial charge in [-0.25, -0.2) is 4.98 Å². The van der Waals surface area contributed by atoms with Crippen molar-refractivity contribution in [3.05, 3.63) is 17.8 Å². The number of oxazole rings is 1. The fraction of sp³-hybridized carbons (Fsp3) is 0.625. The quantitative estimate of drug-likeness (QED) is 0.630. The first-order valence-corrected chi connectivity index (χ1v) is 4.05. The fourth-order valence-corrected chi connectivity index (χ4v) is 0.902. The van der Waals surface area contributed by atoms with Gasteiger partial charge in [-0.1, -0.05) is 0 Å². The van der Waals surface area contributed by atoms with Crippen LogP contribution in [0.3, 0.4) is 0 Å². The SMILES string of the molecule is Cc1ncoc1CNCCCO. The summed E-state index contributed by atoms with van der Waals surface area (Å²) in [5.41, 5.74) is 0.923. The molecule has 4 heteroatoms. The highest BCUT2D eigenvalue weighted by atomic mass is 16.3. The third-order valence-corrected chi connectivity index (χ3v) is 1.64. The molecule has 0 aliphatic rings. The molecular weight excluding hydrogens is 156 g/mol. The Morgan fingerprint density at radius 2 is 2.50 bits per heavy atom. The van der Waals surface area contributed by atoms with E-state index in [0.717, 1.165) is 24.4 Å². The molecule has 0 aliphatic carbocycles. The number of aliphatic hydroxyl groups excluding tert-OH is 1. The molecule has 0 fully saturated rings. The molecule has 2 N–H and O–H groups in total. The number of nitrogens with zero attached hydrogens (tertiary/aromatic N) is 1. The minimum absolute atomic E-state index is 0.225. The summed E-state index contributed by atoms with van der Waals surface area (Å²) >= 11 is 0. The van der Waals surface area contributed by atoms with Crippen molar-refractivity contribution in [3.63, 3.8) is 0 Å². The Bertz CT molecular complexity index is 223. The number of aryl methyl sites for hydroxylation is 1. The standard InChI is InChI=1S/C8H14N2O2/c1-7-8(12-6-10-7)5-9-3-2-4-11/h6,9,11H,2-5H2,1H3. The van der Waals surface area contributed by atoms with Crippen LogP contribution in [0.25, 0.3) is 0 Å². The number of rotatable bonds is 5. The maximum atomic E-state index is 8.50. The molecule has 0 bridgehead atoms. The van der Waals surface area contributed by atoms with Gasteiger partial charge in [-0.3, -0.25) is 0 Å². The van der Waals surface area contributed by atoms with E-state index >= 15 is 0 Å². The van der Waals surface area contributed by atoms with E-state index in [4.69, 9.17) is 9.52 Å². The number of nitrogens with one attached hydrogen (secondary N) is 1. The topological polar surface area (TPSA) is 58.3 Å². The monoisotopic (exact) mass is 170 g/mol. The zero-order valence-electron chi connectivity index (χ0n) is 7.21. The fourth-order valence-electron chi connectivity index (χ4n) is 0.902. The summed E-state index contributed by atoms with van der Waals surface area (Å²) in [5.74, 6) is 0.868. The van der Waals surface area contributed by atoms with E-state index in [1.54, 1.807) is 0 Å². The summed E-state index contributed by atoms with van der Waals surface area (Å²) in [7, 11) is 0. The molecule has 0 aromatic carbocycles. The lowest BCUT2D eigenvalue weighted by Gasteiger charge is -2.00. The molecule has 0 saturated carbocycles. The molecule has 1 aromatic rings. The molecule has 12 heavy (non-hydrogen) atoms. The number of aromatic nitrogens is 1. The second-order valence-electron chi connectivity index (χ2n) is 2.61. The van der Waals surface area contributed by atoms with Crippen LogP contribution in [-0.4, -0.2) is 23.2 Å². The van der Waals surface area contributed by atoms with Gasteiger partial charge in [0, 0.05) is 6.61 Å². The summed E-state index contributed by atoms with van der Waals surface area (Å²) in [6, 6.07) is 0. The predicted octanol–water partition coefficient (Wildman–Crippen LogP) is 0.455. The molecule has 0 atom stereocenters. The first kappa shape index (κ1) is 9.22. The summed E-state index contributed by atoms with van der Waals surface area (Å²) in [4.78, 5) is 3.96. The van der Waals surface area contributed by atoms with Gasteiger partial charge in [0.25, 0.3) is 0 Å². The lowest BCUT2D eigenvalue weighted by molar-refractivity contribution is 0.285. The van der Waals surface area contributed by atoms with Gasteiger partial charge >= 0.3 is 0 Å². The maximum absolute atomic E-state index is 8.50. The van der Waals surface area contributed by atoms with Gasteiger partial charge in [-0.2, -0.15) is 0 Å². The summed E-state index contributed by atoms with van der Waals surface area (Å²) in [6.07, 6.45) is 2.21. The van der Waals surface area contributed by atoms with E-state index in [1.165, 1.54) is 6.39 Å². The van der Waals surface area contributed by atoms with Crippen LogP contribution in [0.5, 0.6) is 0 Å². The van der Waals surface area contributed by atoms with E-state index < -0.39 is 0 Å². The molecule has 68 valence electrons. The van der Waals surface area contributed by atoms with Gasteiger partial charge in [0.2, 0.25) is 0 Å². The molecule has 0 saturated heterocycles. The Labute approximate surface area is 71.6 Å². The highest BCUT2D eigenvalue weighted by molar-refractivity contribution is 5.03. The van der Waals surface area contributed by atoms with Gasteiger partial charge < -0.3 is 14.8 Å². The van der Waals surface area contributed by atoms with Crippen molar-refractivity contribution in [1.82, 2.24) is 10.3 Å². The Morgan fingerprint density at radius 1 is 1.67 bits per heavy atom. The number of hydrogen-bond acceptors (Lipinski definition) is 4. The van der Waals surface area contributed by atoms with Gasteiger partial charge in [0.05, 0.1) is 12.2 Å². The highest BCUT2D eigenvalue weighted by Crippen LogP contribution is 2.03. The van der Waals surface area contributed by atoms with Gasteiger partial charge in [-0.15, -0.1) is 0 Å². The normalized spacial score (nSPS) is 10.5. The summed E-state index contributed by atoms with van der Waals surface area (Å²) in [6.45, 7) is 3.62. The van der Waals surface area contributed by atoms with Gasteiger partial charge in [0.15, 0.2) is 6.39 Å². The van der Waals surface area contributed by atoms with Crippen LogP contribution in [0.1, 0.15) is 17.9 Å². The van der Waals surface area contributed by atoms with Crippen molar-refractivity contribution in [3.8, 4) is 0 Å². The van der Waals surface area contributed by atoms with Crippen LogP contribution in [0, 0.1) is 6.92 Å². The average Bonchev–Trinajstić information content (AvgIpc) is 2.46. The van der Waals surface area contributed by atoms with Gasteiger partial charge in [0.1, 0.15) is 5.76 Å². The highest BCUT2D eigenvalue weighted by Gasteiger charge is 2.00. The predicted molar refractivity (Wildman–Crippen MR) is 44.6 cm³/mol. The van der Waals surface area contributed by atoms with Crippen molar-refractivity contribution in [1.29, 1.82) is 0 Å². The molecule has 0 spiro atoms. The Kier molecular flexibility index (Phi) is 3.76. The molecular formula is C8H14N2O2. The van der Waals surface area contributed by atoms with Crippen LogP contribution >= 0.6 is 0 Å². The third-order valence-electron chi connectivity index (χ3n) is 1.64. The maximum Gasteiger partial charge on any atom is 0.181 e. The first-order chi connectivity index (χ1) is 5.84. The van der Waals surface area contributed by atoms with Crippen LogP contribution < -0.4 is 5.32 Å². The van der Waals surface area contributed by atoms with E-state index in [-0.39, 0.29) is 6.61 Å². The van der Waals surface area contributed by atoms with Crippen molar-refractivity contribution < 1.29 is 9.52 Å². The number of hydrogen-bond donors (Lipinski definition) is 2. The van der Waals surface area contributed by atoms with Crippen LogP contribution in [0.2, 0.25) is 0 Å². The largest absolute Gasteiger partial charge is 0.447 e. The molecule has 0 radical (unpaired) electrons. The Balaban J connectivity index is 2.20. The van der Waals surface area contributed by atoms with Crippen LogP contribution in [-0.2, 0) is 6.54 Å². The molecule has 1 heterocycles. The van der Waals surface area contributed by atoms with E-state index in [1.807, 2.05) is 6.92 Å². The van der Waals surface area contributed by atoms with Gasteiger partial charge in [-0.05, 0) is 19.9 Å². The lowest BCUT2D eigenvalue weighted by atomic mass is 10.3. The lowest BCUT2D eigenvalue weighted by Crippen LogP contribution is -2.15. The molecule has 1 rings (SSSR count). The summed E-state index contributed by atoms with van der Waals surface area (Å²) in [5, 5.41) is 11.6. The average molecular weight is 170 g/mol. The van der Waals surface area contributed by atoms with Crippen molar-refractivity contribution >= 4 is 0 Å². The van der Waals surface area contributed by atoms with E-state index in [9.17, 15) is 0 Å². The zero-order chi connectivity index (χ0) is 8.81. The zero-order valence-corrected chi connectivity index (χ0v) is 7.21. The van der Waals surface area contributed by atoms with Crippen LogP contribution in [0.4, 0.5) is 0 Å². The van der Waals surface area contributed by atoms with Crippen molar-refractivity contribution in [2.75, 3.05) is 13.2 Å². The van der Waals surface area contributed by atoms with Crippen LogP contribution in [0.15, 0.2) is 10.8 Å². The Morgan fingerprint density at radius 3 is 3.08 bits per heavy atom. The first-order valence-electron chi connectivity index (χ1n) is 4.05. The molecule has 0 unspecified atom stereocenters. The van der Waals surface area contributed by atoms with E-state index in [2.05, 4.69) is 10.3 Å². The molecule has 4 nitrogen and oxygen atoms in total. The second kappa shape index (κ2) is 4.90. The van der Waals surface area contributed by atoms with Crippen molar-refractivity contribution in [2.24, 2.45) is 0 Å². The summed E-state index contributed by atoms with van der Waals surface area (Å²) < 4.78 is 5.11.